The van der Waals surface area contributed by atoms with Gasteiger partial charge in [-0.15, -0.1) is 11.3 Å². The van der Waals surface area contributed by atoms with Gasteiger partial charge in [0, 0.05) is 47.9 Å². The van der Waals surface area contributed by atoms with E-state index in [1.165, 1.54) is 41.8 Å². The highest BCUT2D eigenvalue weighted by atomic mass is 79.9. The Morgan fingerprint density at radius 3 is 2.69 bits per heavy atom. The van der Waals surface area contributed by atoms with E-state index in [4.69, 9.17) is 14.5 Å². The van der Waals surface area contributed by atoms with Crippen LogP contribution >= 0.6 is 27.3 Å². The number of carbonyl (C=O) groups is 3. The maximum atomic E-state index is 14.1. The molecule has 2 saturated heterocycles. The number of aliphatic imine (C=N–C) groups is 1. The molecule has 0 aliphatic carbocycles. The van der Waals surface area contributed by atoms with E-state index in [0.29, 0.717) is 82.2 Å². The summed E-state index contributed by atoms with van der Waals surface area (Å²) in [6.45, 7) is 4.16. The monoisotopic (exact) mass is 775 g/mol. The van der Waals surface area contributed by atoms with E-state index in [1.54, 1.807) is 48.4 Å². The second kappa shape index (κ2) is 14.6. The minimum Gasteiger partial charge on any atom is -0.478 e. The summed E-state index contributed by atoms with van der Waals surface area (Å²) in [4.78, 5) is 57.9. The first-order valence-electron chi connectivity index (χ1n) is 16.1. The van der Waals surface area contributed by atoms with Crippen LogP contribution in [0.2, 0.25) is 0 Å². The third-order valence-electron chi connectivity index (χ3n) is 8.65. The van der Waals surface area contributed by atoms with Crippen LogP contribution in [0.25, 0.3) is 0 Å². The van der Waals surface area contributed by atoms with Gasteiger partial charge in [-0.05, 0) is 55.0 Å². The van der Waals surface area contributed by atoms with E-state index in [1.807, 2.05) is 10.3 Å². The van der Waals surface area contributed by atoms with E-state index in [2.05, 4.69) is 36.1 Å². The smallest absolute Gasteiger partial charge is 0.338 e. The maximum absolute atomic E-state index is 14.1. The lowest BCUT2D eigenvalue weighted by atomic mass is 9.95. The van der Waals surface area contributed by atoms with E-state index >= 15 is 0 Å². The van der Waals surface area contributed by atoms with Crippen LogP contribution in [0.5, 0.6) is 11.5 Å². The number of hydrogen-bond donors (Lipinski definition) is 2. The van der Waals surface area contributed by atoms with Crippen molar-refractivity contribution in [2.45, 2.75) is 19.0 Å². The maximum Gasteiger partial charge on any atom is 0.338 e. The zero-order chi connectivity index (χ0) is 35.6. The fourth-order valence-corrected chi connectivity index (χ4v) is 7.47. The highest BCUT2D eigenvalue weighted by molar-refractivity contribution is 9.10. The number of urea groups is 1. The number of benzene rings is 2. The normalized spacial score (nSPS) is 19.0. The molecule has 262 valence electrons. The van der Waals surface area contributed by atoms with E-state index in [9.17, 15) is 23.9 Å². The van der Waals surface area contributed by atoms with E-state index in [-0.39, 0.29) is 24.2 Å². The number of hydrogen-bond acceptors (Lipinski definition) is 11. The Balaban J connectivity index is 1.10. The molecule has 3 aliphatic heterocycles. The number of carboxylic acids is 1. The van der Waals surface area contributed by atoms with Crippen LogP contribution in [-0.4, -0.2) is 94.1 Å². The number of rotatable bonds is 10. The number of pyridine rings is 1. The Bertz CT molecular complexity index is 2040. The van der Waals surface area contributed by atoms with Gasteiger partial charge in [-0.3, -0.25) is 14.8 Å². The number of nitrogens with one attached hydrogen (secondary N) is 1. The molecule has 4 aromatic rings. The second-order valence-electron chi connectivity index (χ2n) is 11.9. The lowest BCUT2D eigenvalue weighted by Crippen LogP contribution is -2.53. The summed E-state index contributed by atoms with van der Waals surface area (Å²) in [6, 6.07) is 12.7. The predicted octanol–water partition coefficient (Wildman–Crippen LogP) is 5.46. The number of aromatic carboxylic acids is 1. The third kappa shape index (κ3) is 7.20. The summed E-state index contributed by atoms with van der Waals surface area (Å²) in [5.41, 5.74) is 1.62. The number of aromatic nitrogens is 2. The van der Waals surface area contributed by atoms with Crippen molar-refractivity contribution in [3.63, 3.8) is 0 Å². The molecule has 2 aromatic carbocycles. The summed E-state index contributed by atoms with van der Waals surface area (Å²) in [5.74, 6) is -0.305. The number of esters is 1. The van der Waals surface area contributed by atoms with Crippen molar-refractivity contribution in [2.75, 3.05) is 44.2 Å². The molecule has 2 aromatic heterocycles. The van der Waals surface area contributed by atoms with Gasteiger partial charge >= 0.3 is 18.0 Å². The molecule has 2 fully saturated rings. The molecule has 0 bridgehead atoms. The first kappa shape index (κ1) is 34.3. The minimum absolute atomic E-state index is 0.104. The van der Waals surface area contributed by atoms with E-state index in [0.717, 1.165) is 0 Å². The first-order chi connectivity index (χ1) is 24.7. The molecular formula is C35H31BrFN7O6S. The van der Waals surface area contributed by atoms with Crippen molar-refractivity contribution < 1.29 is 33.4 Å². The number of thiazole rings is 1. The molecule has 2 amide bonds. The Morgan fingerprint density at radius 1 is 1.10 bits per heavy atom. The summed E-state index contributed by atoms with van der Waals surface area (Å²) in [6.07, 6.45) is 3.17. The molecule has 16 heteroatoms. The van der Waals surface area contributed by atoms with Gasteiger partial charge < -0.3 is 24.8 Å². The Kier molecular flexibility index (Phi) is 9.79. The van der Waals surface area contributed by atoms with Crippen molar-refractivity contribution in [3.05, 3.63) is 110 Å². The van der Waals surface area contributed by atoms with Gasteiger partial charge in [0.1, 0.15) is 29.2 Å². The standard InChI is InChI=1S/C35H31BrFN7O6S/c1-2-49-34(47)29-27(40-31(32-38-10-13-51-32)41-30(29)25-8-6-21(37)15-26(25)36)19-42-11-12-43-22(17-42)18-44(35(43)48)28-9-7-24(16-39-28)50-23-5-3-4-20(14-23)33(45)46/h3-10,13-16,22,30H,2,11-12,17-19H2,1H3,(H,40,41)(H,45,46)/t22-,30-/m0/s1. The third-order valence-corrected chi connectivity index (χ3v) is 10.1. The molecule has 2 N–H and O–H groups in total. The molecule has 0 radical (unpaired) electrons. The largest absolute Gasteiger partial charge is 0.478 e. The van der Waals surface area contributed by atoms with Crippen LogP contribution < -0.4 is 15.0 Å². The van der Waals surface area contributed by atoms with Crippen LogP contribution in [0.1, 0.15) is 33.9 Å². The number of amides is 2. The topological polar surface area (TPSA) is 150 Å². The fourth-order valence-electron chi connectivity index (χ4n) is 6.32. The molecule has 7 rings (SSSR count). The Morgan fingerprint density at radius 2 is 1.96 bits per heavy atom. The van der Waals surface area contributed by atoms with Crippen LogP contribution in [0.15, 0.2) is 93.1 Å². The highest BCUT2D eigenvalue weighted by Gasteiger charge is 2.43. The molecule has 0 unspecified atom stereocenters. The molecule has 51 heavy (non-hydrogen) atoms. The van der Waals surface area contributed by atoms with Crippen molar-refractivity contribution in [1.82, 2.24) is 25.1 Å². The first-order valence-corrected chi connectivity index (χ1v) is 17.7. The number of carboxylic acid groups (broad SMARTS) is 1. The number of nitrogens with zero attached hydrogens (tertiary/aromatic N) is 6. The quantitative estimate of drug-likeness (QED) is 0.199. The van der Waals surface area contributed by atoms with Crippen molar-refractivity contribution in [2.24, 2.45) is 4.99 Å². The van der Waals surface area contributed by atoms with Gasteiger partial charge in [0.2, 0.25) is 0 Å². The zero-order valence-corrected chi connectivity index (χ0v) is 29.6. The van der Waals surface area contributed by atoms with Crippen molar-refractivity contribution >= 4 is 56.9 Å². The average Bonchev–Trinajstić information content (AvgIpc) is 3.77. The highest BCUT2D eigenvalue weighted by Crippen LogP contribution is 2.37. The number of anilines is 1. The van der Waals surface area contributed by atoms with Crippen LogP contribution in [-0.2, 0) is 9.53 Å². The van der Waals surface area contributed by atoms with Crippen molar-refractivity contribution in [3.8, 4) is 11.5 Å². The minimum atomic E-state index is -1.06. The van der Waals surface area contributed by atoms with Crippen molar-refractivity contribution in [1.29, 1.82) is 0 Å². The summed E-state index contributed by atoms with van der Waals surface area (Å²) >= 11 is 4.87. The molecule has 5 heterocycles. The average molecular weight is 777 g/mol. The fraction of sp³-hybridized carbons (Fsp3) is 0.257. The number of ether oxygens (including phenoxy) is 2. The van der Waals surface area contributed by atoms with Gasteiger partial charge in [-0.1, -0.05) is 28.1 Å². The van der Waals surface area contributed by atoms with Crippen LogP contribution in [0.3, 0.4) is 0 Å². The predicted molar refractivity (Wildman–Crippen MR) is 190 cm³/mol. The second-order valence-corrected chi connectivity index (χ2v) is 13.6. The van der Waals surface area contributed by atoms with Crippen LogP contribution in [0, 0.1) is 5.82 Å². The SMILES string of the molecule is CCOC(=O)C1=C(CN2CCN3C(=O)N(c4ccc(Oc5cccc(C(=O)O)c5)cn4)C[C@@H]3C2)NC(c2nccs2)=N[C@H]1c1ccc(F)cc1Br. The number of amidine groups is 1. The van der Waals surface area contributed by atoms with Gasteiger partial charge in [0.25, 0.3) is 0 Å². The molecule has 0 spiro atoms. The summed E-state index contributed by atoms with van der Waals surface area (Å²) < 4.78 is 25.9. The van der Waals surface area contributed by atoms with Gasteiger partial charge in [0.05, 0.1) is 36.5 Å². The molecule has 13 nitrogen and oxygen atoms in total. The number of fused-ring (bicyclic) bond motifs is 1. The molecule has 0 saturated carbocycles. The lowest BCUT2D eigenvalue weighted by Gasteiger charge is -2.38. The lowest BCUT2D eigenvalue weighted by molar-refractivity contribution is -0.139. The summed E-state index contributed by atoms with van der Waals surface area (Å²) in [5, 5.41) is 15.1. The van der Waals surface area contributed by atoms with Gasteiger partial charge in [-0.25, -0.2) is 28.7 Å². The number of carbonyl (C=O) groups excluding carboxylic acids is 2. The van der Waals surface area contributed by atoms with Crippen LogP contribution in [0.4, 0.5) is 15.0 Å². The zero-order valence-electron chi connectivity index (χ0n) is 27.2. The van der Waals surface area contributed by atoms with Gasteiger partial charge in [-0.2, -0.15) is 0 Å². The Labute approximate surface area is 304 Å². The van der Waals surface area contributed by atoms with E-state index < -0.39 is 23.8 Å². The molecule has 3 aliphatic rings. The number of piperazine rings is 1. The number of halogens is 2. The summed E-state index contributed by atoms with van der Waals surface area (Å²) in [7, 11) is 0. The van der Waals surface area contributed by atoms with Gasteiger partial charge in [0.15, 0.2) is 10.8 Å². The Hall–Kier alpha value is -5.19. The molecule has 2 atom stereocenters. The molecular weight excluding hydrogens is 745 g/mol.